The first-order chi connectivity index (χ1) is 10.2. The van der Waals surface area contributed by atoms with Gasteiger partial charge < -0.3 is 5.32 Å². The molecule has 0 amide bonds. The van der Waals surface area contributed by atoms with Crippen LogP contribution in [0, 0.1) is 5.82 Å². The van der Waals surface area contributed by atoms with Gasteiger partial charge in [0.15, 0.2) is 0 Å². The Morgan fingerprint density at radius 1 is 1.24 bits per heavy atom. The van der Waals surface area contributed by atoms with Gasteiger partial charge in [0.1, 0.15) is 17.5 Å². The van der Waals surface area contributed by atoms with E-state index in [4.69, 9.17) is 11.6 Å². The van der Waals surface area contributed by atoms with Crippen LogP contribution in [0.15, 0.2) is 24.3 Å². The number of aromatic nitrogens is 4. The Morgan fingerprint density at radius 2 is 2.10 bits per heavy atom. The average Bonchev–Trinajstić information content (AvgIpc) is 3.19. The summed E-state index contributed by atoms with van der Waals surface area (Å²) < 4.78 is 13.3. The molecule has 3 aromatic rings. The maximum atomic E-state index is 13.3. The number of anilines is 2. The molecule has 0 atom stereocenters. The number of hydrogen-bond donors (Lipinski definition) is 2. The van der Waals surface area contributed by atoms with Gasteiger partial charge in [0.2, 0.25) is 5.28 Å². The monoisotopic (exact) mass is 303 g/mol. The summed E-state index contributed by atoms with van der Waals surface area (Å²) in [6.45, 7) is 0. The number of nitrogens with one attached hydrogen (secondary N) is 2. The predicted octanol–water partition coefficient (Wildman–Crippen LogP) is 3.77. The van der Waals surface area contributed by atoms with Crippen LogP contribution >= 0.6 is 11.6 Å². The van der Waals surface area contributed by atoms with E-state index in [9.17, 15) is 4.39 Å². The van der Waals surface area contributed by atoms with Crippen molar-refractivity contribution in [2.45, 2.75) is 18.8 Å². The first-order valence-corrected chi connectivity index (χ1v) is 7.02. The quantitative estimate of drug-likeness (QED) is 0.723. The first kappa shape index (κ1) is 12.5. The van der Waals surface area contributed by atoms with Crippen LogP contribution in [0.3, 0.4) is 0 Å². The van der Waals surface area contributed by atoms with Crippen molar-refractivity contribution in [3.63, 3.8) is 0 Å². The number of aromatic amines is 1. The topological polar surface area (TPSA) is 66.5 Å². The SMILES string of the molecule is Fc1ccc2c(Nc3cc(C4CC4)n[nH]3)nc(Cl)nc2c1. The zero-order valence-corrected chi connectivity index (χ0v) is 11.7. The summed E-state index contributed by atoms with van der Waals surface area (Å²) in [7, 11) is 0. The normalized spacial score (nSPS) is 14.6. The van der Waals surface area contributed by atoms with Gasteiger partial charge in [-0.1, -0.05) is 0 Å². The van der Waals surface area contributed by atoms with E-state index in [0.717, 1.165) is 11.5 Å². The van der Waals surface area contributed by atoms with E-state index in [1.165, 1.54) is 25.0 Å². The highest BCUT2D eigenvalue weighted by atomic mass is 35.5. The van der Waals surface area contributed by atoms with Gasteiger partial charge in [-0.2, -0.15) is 10.1 Å². The van der Waals surface area contributed by atoms with Crippen LogP contribution in [0.1, 0.15) is 24.5 Å². The molecular formula is C14H11ClFN5. The van der Waals surface area contributed by atoms with Gasteiger partial charge in [0.05, 0.1) is 11.2 Å². The molecule has 7 heteroatoms. The van der Waals surface area contributed by atoms with E-state index < -0.39 is 0 Å². The summed E-state index contributed by atoms with van der Waals surface area (Å²) in [5.41, 5.74) is 1.51. The molecule has 21 heavy (non-hydrogen) atoms. The van der Waals surface area contributed by atoms with Crippen LogP contribution < -0.4 is 5.32 Å². The summed E-state index contributed by atoms with van der Waals surface area (Å²) in [5, 5.41) is 11.1. The third kappa shape index (κ3) is 2.42. The Balaban J connectivity index is 1.74. The van der Waals surface area contributed by atoms with Crippen molar-refractivity contribution in [2.24, 2.45) is 0 Å². The van der Waals surface area contributed by atoms with Crippen molar-refractivity contribution in [1.29, 1.82) is 0 Å². The third-order valence-corrected chi connectivity index (χ3v) is 3.65. The molecule has 2 N–H and O–H groups in total. The summed E-state index contributed by atoms with van der Waals surface area (Å²) in [6.07, 6.45) is 2.37. The maximum absolute atomic E-state index is 13.3. The van der Waals surface area contributed by atoms with Gasteiger partial charge in [0, 0.05) is 23.4 Å². The van der Waals surface area contributed by atoms with Crippen molar-refractivity contribution in [3.8, 4) is 0 Å². The third-order valence-electron chi connectivity index (χ3n) is 3.48. The second-order valence-electron chi connectivity index (χ2n) is 5.11. The molecule has 2 heterocycles. The lowest BCUT2D eigenvalue weighted by atomic mass is 10.2. The minimum Gasteiger partial charge on any atom is -0.325 e. The molecule has 0 saturated heterocycles. The van der Waals surface area contributed by atoms with Crippen molar-refractivity contribution >= 4 is 34.1 Å². The molecule has 1 fully saturated rings. The predicted molar refractivity (Wildman–Crippen MR) is 78.4 cm³/mol. The maximum Gasteiger partial charge on any atom is 0.224 e. The molecule has 106 valence electrons. The fourth-order valence-electron chi connectivity index (χ4n) is 2.29. The molecule has 1 saturated carbocycles. The smallest absolute Gasteiger partial charge is 0.224 e. The lowest BCUT2D eigenvalue weighted by Gasteiger charge is -2.07. The largest absolute Gasteiger partial charge is 0.325 e. The van der Waals surface area contributed by atoms with E-state index in [1.807, 2.05) is 6.07 Å². The molecule has 0 radical (unpaired) electrons. The van der Waals surface area contributed by atoms with Crippen molar-refractivity contribution in [2.75, 3.05) is 5.32 Å². The lowest BCUT2D eigenvalue weighted by molar-refractivity contribution is 0.629. The lowest BCUT2D eigenvalue weighted by Crippen LogP contribution is -1.98. The van der Waals surface area contributed by atoms with E-state index >= 15 is 0 Å². The Hall–Kier alpha value is -2.21. The number of rotatable bonds is 3. The van der Waals surface area contributed by atoms with Crippen LogP contribution in [0.4, 0.5) is 16.0 Å². The molecule has 1 aliphatic rings. The van der Waals surface area contributed by atoms with E-state index in [2.05, 4.69) is 25.5 Å². The number of hydrogen-bond acceptors (Lipinski definition) is 4. The summed E-state index contributed by atoms with van der Waals surface area (Å²) in [6, 6.07) is 6.29. The molecule has 0 unspecified atom stereocenters. The van der Waals surface area contributed by atoms with Crippen LogP contribution in [-0.2, 0) is 0 Å². The van der Waals surface area contributed by atoms with E-state index in [0.29, 0.717) is 22.6 Å². The molecule has 5 nitrogen and oxygen atoms in total. The van der Waals surface area contributed by atoms with Crippen LogP contribution in [0.5, 0.6) is 0 Å². The van der Waals surface area contributed by atoms with Gasteiger partial charge in [-0.25, -0.2) is 9.37 Å². The molecule has 4 rings (SSSR count). The highest BCUT2D eigenvalue weighted by Gasteiger charge is 2.26. The fourth-order valence-corrected chi connectivity index (χ4v) is 2.46. The Morgan fingerprint density at radius 3 is 2.90 bits per heavy atom. The highest BCUT2D eigenvalue weighted by Crippen LogP contribution is 2.39. The van der Waals surface area contributed by atoms with Crippen LogP contribution in [-0.4, -0.2) is 20.2 Å². The highest BCUT2D eigenvalue weighted by molar-refractivity contribution is 6.28. The Bertz CT molecular complexity index is 822. The second kappa shape index (κ2) is 4.66. The Labute approximate surface area is 124 Å². The molecule has 1 aromatic carbocycles. The van der Waals surface area contributed by atoms with Gasteiger partial charge in [0.25, 0.3) is 0 Å². The molecular weight excluding hydrogens is 293 g/mol. The Kier molecular flexibility index (Phi) is 2.78. The van der Waals surface area contributed by atoms with Crippen molar-refractivity contribution < 1.29 is 4.39 Å². The fraction of sp³-hybridized carbons (Fsp3) is 0.214. The number of nitrogens with zero attached hydrogens (tertiary/aromatic N) is 3. The van der Waals surface area contributed by atoms with Crippen LogP contribution in [0.25, 0.3) is 10.9 Å². The van der Waals surface area contributed by atoms with Gasteiger partial charge in [-0.05, 0) is 36.6 Å². The standard InChI is InChI=1S/C14H11ClFN5/c15-14-17-11-5-8(16)3-4-9(11)13(19-14)18-12-6-10(20-21-12)7-1-2-7/h3-7H,1-2H2,(H2,17,18,19,20,21). The molecule has 2 aromatic heterocycles. The second-order valence-corrected chi connectivity index (χ2v) is 5.45. The van der Waals surface area contributed by atoms with E-state index in [1.54, 1.807) is 6.07 Å². The number of halogens is 2. The number of benzene rings is 1. The zero-order valence-electron chi connectivity index (χ0n) is 10.9. The minimum absolute atomic E-state index is 0.0672. The van der Waals surface area contributed by atoms with Crippen LogP contribution in [0.2, 0.25) is 5.28 Å². The molecule has 0 bridgehead atoms. The summed E-state index contributed by atoms with van der Waals surface area (Å²) in [5.74, 6) is 1.46. The molecule has 0 aliphatic heterocycles. The average molecular weight is 304 g/mol. The zero-order chi connectivity index (χ0) is 14.4. The van der Waals surface area contributed by atoms with Gasteiger partial charge >= 0.3 is 0 Å². The van der Waals surface area contributed by atoms with Gasteiger partial charge in [-0.15, -0.1) is 0 Å². The first-order valence-electron chi connectivity index (χ1n) is 6.64. The van der Waals surface area contributed by atoms with Gasteiger partial charge in [-0.3, -0.25) is 5.10 Å². The summed E-state index contributed by atoms with van der Waals surface area (Å²) in [4.78, 5) is 8.20. The van der Waals surface area contributed by atoms with Crippen molar-refractivity contribution in [1.82, 2.24) is 20.2 Å². The van der Waals surface area contributed by atoms with Crippen molar-refractivity contribution in [3.05, 3.63) is 41.1 Å². The molecule has 0 spiro atoms. The molecule has 1 aliphatic carbocycles. The minimum atomic E-state index is -0.360. The van der Waals surface area contributed by atoms with E-state index in [-0.39, 0.29) is 11.1 Å². The summed E-state index contributed by atoms with van der Waals surface area (Å²) >= 11 is 5.90. The number of fused-ring (bicyclic) bond motifs is 1. The number of H-pyrrole nitrogens is 1.